The molecule has 2 atom stereocenters. The van der Waals surface area contributed by atoms with Crippen molar-refractivity contribution >= 4 is 35.0 Å². The van der Waals surface area contributed by atoms with Crippen LogP contribution in [-0.4, -0.2) is 40.9 Å². The molecule has 1 saturated heterocycles. The molecule has 1 aromatic heterocycles. The number of carbonyl (C=O) groups is 2. The molecule has 1 fully saturated rings. The van der Waals surface area contributed by atoms with E-state index in [1.165, 1.54) is 17.7 Å². The minimum absolute atomic E-state index is 0.157. The number of hydrogen-bond donors (Lipinski definition) is 1. The number of ether oxygens (including phenoxy) is 1. The molecule has 6 nitrogen and oxygen atoms in total. The Morgan fingerprint density at radius 1 is 1.11 bits per heavy atom. The van der Waals surface area contributed by atoms with Crippen LogP contribution >= 0.6 is 23.2 Å². The highest BCUT2D eigenvalue weighted by atomic mass is 35.5. The number of hydrogen-bond acceptors (Lipinski definition) is 4. The molecule has 2 heterocycles. The van der Waals surface area contributed by atoms with Gasteiger partial charge in [-0.15, -0.1) is 0 Å². The minimum Gasteiger partial charge on any atom is -0.465 e. The van der Waals surface area contributed by atoms with Gasteiger partial charge >= 0.3 is 0 Å². The number of aromatic nitrogens is 1. The number of halogens is 3. The summed E-state index contributed by atoms with van der Waals surface area (Å²) in [4.78, 5) is 32.0. The lowest BCUT2D eigenvalue weighted by Crippen LogP contribution is -2.45. The second-order valence-corrected chi connectivity index (χ2v) is 10.4. The highest BCUT2D eigenvalue weighted by molar-refractivity contribution is 6.35. The molecule has 1 N–H and O–H groups in total. The normalized spacial score (nSPS) is 18.8. The highest BCUT2D eigenvalue weighted by Crippen LogP contribution is 2.50. The van der Waals surface area contributed by atoms with Gasteiger partial charge in [-0.2, -0.15) is 0 Å². The molecule has 2 aliphatic rings. The number of nitrogens with one attached hydrogen (secondary N) is 1. The van der Waals surface area contributed by atoms with Crippen molar-refractivity contribution < 1.29 is 18.7 Å². The zero-order chi connectivity index (χ0) is 26.2. The molecule has 2 unspecified atom stereocenters. The SMILES string of the molecule is CC(Oc1ccccn1)C(=O)NC1CC2(CCN(C(=O)c3cc(Cl)c(F)c(Cl)c3)CC2)c2ccccc21. The number of pyridine rings is 1. The Hall–Kier alpha value is -3.16. The third kappa shape index (κ3) is 5.03. The van der Waals surface area contributed by atoms with Crippen LogP contribution in [0, 0.1) is 5.82 Å². The summed E-state index contributed by atoms with van der Waals surface area (Å²) in [6.45, 7) is 2.76. The zero-order valence-electron chi connectivity index (χ0n) is 20.2. The number of nitrogens with zero attached hydrogens (tertiary/aromatic N) is 2. The summed E-state index contributed by atoms with van der Waals surface area (Å²) >= 11 is 11.8. The standard InChI is InChI=1S/C28H26Cl2FN3O3/c1-17(37-24-8-4-5-11-32-24)26(35)33-23-16-28(20-7-3-2-6-19(20)23)9-12-34(13-10-28)27(36)18-14-21(29)25(31)22(30)15-18/h2-8,11,14-15,17,23H,9-10,12-13,16H2,1H3,(H,33,35). The molecular formula is C28H26Cl2FN3O3. The van der Waals surface area contributed by atoms with Crippen LogP contribution in [0.4, 0.5) is 4.39 Å². The van der Waals surface area contributed by atoms with Gasteiger partial charge < -0.3 is 15.0 Å². The average molecular weight is 542 g/mol. The Balaban J connectivity index is 1.28. The van der Waals surface area contributed by atoms with E-state index >= 15 is 0 Å². The fourth-order valence-electron chi connectivity index (χ4n) is 5.44. The van der Waals surface area contributed by atoms with Gasteiger partial charge in [-0.3, -0.25) is 9.59 Å². The molecule has 0 radical (unpaired) electrons. The zero-order valence-corrected chi connectivity index (χ0v) is 21.7. The predicted molar refractivity (Wildman–Crippen MR) is 140 cm³/mol. The van der Waals surface area contributed by atoms with Crippen molar-refractivity contribution in [2.24, 2.45) is 0 Å². The summed E-state index contributed by atoms with van der Waals surface area (Å²) in [5, 5.41) is 2.82. The Bertz CT molecular complexity index is 1310. The molecule has 192 valence electrons. The second kappa shape index (κ2) is 10.3. The van der Waals surface area contributed by atoms with E-state index in [-0.39, 0.29) is 38.9 Å². The maximum atomic E-state index is 13.8. The van der Waals surface area contributed by atoms with Crippen LogP contribution in [0.15, 0.2) is 60.8 Å². The van der Waals surface area contributed by atoms with Crippen LogP contribution in [0.2, 0.25) is 10.0 Å². The van der Waals surface area contributed by atoms with Gasteiger partial charge in [-0.25, -0.2) is 9.37 Å². The van der Waals surface area contributed by atoms with E-state index in [2.05, 4.69) is 22.4 Å². The summed E-state index contributed by atoms with van der Waals surface area (Å²) in [6.07, 6.45) is 3.14. The van der Waals surface area contributed by atoms with Gasteiger partial charge in [0.05, 0.1) is 16.1 Å². The molecule has 37 heavy (non-hydrogen) atoms. The number of fused-ring (bicyclic) bond motifs is 2. The van der Waals surface area contributed by atoms with Gasteiger partial charge in [-0.1, -0.05) is 53.5 Å². The summed E-state index contributed by atoms with van der Waals surface area (Å²) in [7, 11) is 0. The molecule has 1 spiro atoms. The number of benzene rings is 2. The molecule has 0 saturated carbocycles. The van der Waals surface area contributed by atoms with Crippen molar-refractivity contribution in [2.45, 2.75) is 43.7 Å². The Labute approximate surface area is 224 Å². The number of piperidine rings is 1. The van der Waals surface area contributed by atoms with E-state index in [1.807, 2.05) is 12.1 Å². The molecular weight excluding hydrogens is 516 g/mol. The topological polar surface area (TPSA) is 71.5 Å². The van der Waals surface area contributed by atoms with E-state index in [0.717, 1.165) is 24.8 Å². The van der Waals surface area contributed by atoms with Crippen molar-refractivity contribution in [1.29, 1.82) is 0 Å². The summed E-state index contributed by atoms with van der Waals surface area (Å²) in [6, 6.07) is 16.0. The maximum Gasteiger partial charge on any atom is 0.261 e. The summed E-state index contributed by atoms with van der Waals surface area (Å²) < 4.78 is 19.5. The fraction of sp³-hybridized carbons (Fsp3) is 0.321. The van der Waals surface area contributed by atoms with Crippen molar-refractivity contribution in [3.05, 3.63) is 93.3 Å². The van der Waals surface area contributed by atoms with Crippen LogP contribution < -0.4 is 10.1 Å². The first kappa shape index (κ1) is 25.5. The van der Waals surface area contributed by atoms with E-state index in [0.29, 0.717) is 19.0 Å². The molecule has 3 aromatic rings. The summed E-state index contributed by atoms with van der Waals surface area (Å²) in [5.74, 6) is -0.766. The van der Waals surface area contributed by atoms with Crippen LogP contribution in [-0.2, 0) is 10.2 Å². The lowest BCUT2D eigenvalue weighted by atomic mass is 9.73. The highest BCUT2D eigenvalue weighted by Gasteiger charge is 2.46. The molecule has 5 rings (SSSR count). The first-order valence-electron chi connectivity index (χ1n) is 12.2. The van der Waals surface area contributed by atoms with Crippen LogP contribution in [0.25, 0.3) is 0 Å². The monoisotopic (exact) mass is 541 g/mol. The quantitative estimate of drug-likeness (QED) is 0.418. The van der Waals surface area contributed by atoms with Gasteiger partial charge in [-0.05, 0) is 55.5 Å². The van der Waals surface area contributed by atoms with Crippen molar-refractivity contribution in [3.8, 4) is 5.88 Å². The smallest absolute Gasteiger partial charge is 0.261 e. The predicted octanol–water partition coefficient (Wildman–Crippen LogP) is 5.73. The molecule has 9 heteroatoms. The van der Waals surface area contributed by atoms with Gasteiger partial charge in [0.25, 0.3) is 11.8 Å². The molecule has 2 amide bonds. The number of carbonyl (C=O) groups excluding carboxylic acids is 2. The molecule has 2 aromatic carbocycles. The van der Waals surface area contributed by atoms with E-state index in [9.17, 15) is 14.0 Å². The van der Waals surface area contributed by atoms with Gasteiger partial charge in [0.1, 0.15) is 0 Å². The molecule has 1 aliphatic carbocycles. The van der Waals surface area contributed by atoms with Crippen LogP contribution in [0.3, 0.4) is 0 Å². The summed E-state index contributed by atoms with van der Waals surface area (Å²) in [5.41, 5.74) is 2.41. The number of rotatable bonds is 5. The van der Waals surface area contributed by atoms with Crippen LogP contribution in [0.5, 0.6) is 5.88 Å². The second-order valence-electron chi connectivity index (χ2n) is 9.61. The molecule has 0 bridgehead atoms. The van der Waals surface area contributed by atoms with Gasteiger partial charge in [0.2, 0.25) is 5.88 Å². The maximum absolute atomic E-state index is 13.8. The Morgan fingerprint density at radius 3 is 2.46 bits per heavy atom. The van der Waals surface area contributed by atoms with Gasteiger partial charge in [0.15, 0.2) is 11.9 Å². The lowest BCUT2D eigenvalue weighted by Gasteiger charge is -2.40. The Morgan fingerprint density at radius 2 is 1.78 bits per heavy atom. The van der Waals surface area contributed by atoms with Crippen molar-refractivity contribution in [2.75, 3.05) is 13.1 Å². The molecule has 1 aliphatic heterocycles. The number of likely N-dealkylation sites (tertiary alicyclic amines) is 1. The first-order chi connectivity index (χ1) is 17.8. The van der Waals surface area contributed by atoms with E-state index in [1.54, 1.807) is 36.2 Å². The largest absolute Gasteiger partial charge is 0.465 e. The fourth-order valence-corrected chi connectivity index (χ4v) is 5.92. The van der Waals surface area contributed by atoms with Gasteiger partial charge in [0, 0.05) is 36.3 Å². The first-order valence-corrected chi connectivity index (χ1v) is 12.9. The lowest BCUT2D eigenvalue weighted by molar-refractivity contribution is -0.128. The van der Waals surface area contributed by atoms with Crippen molar-refractivity contribution in [1.82, 2.24) is 15.2 Å². The third-order valence-electron chi connectivity index (χ3n) is 7.36. The Kier molecular flexibility index (Phi) is 7.10. The minimum atomic E-state index is -0.729. The third-order valence-corrected chi connectivity index (χ3v) is 7.91. The van der Waals surface area contributed by atoms with E-state index < -0.39 is 11.9 Å². The van der Waals surface area contributed by atoms with Crippen molar-refractivity contribution in [3.63, 3.8) is 0 Å². The average Bonchev–Trinajstić information content (AvgIpc) is 3.20. The van der Waals surface area contributed by atoms with E-state index in [4.69, 9.17) is 27.9 Å². The number of amides is 2. The van der Waals surface area contributed by atoms with Crippen LogP contribution in [0.1, 0.15) is 53.7 Å².